The van der Waals surface area contributed by atoms with Gasteiger partial charge in [0.25, 0.3) is 5.91 Å². The number of morpholine rings is 1. The first-order chi connectivity index (χ1) is 12.9. The van der Waals surface area contributed by atoms with Gasteiger partial charge in [-0.1, -0.05) is 0 Å². The van der Waals surface area contributed by atoms with E-state index in [1.807, 2.05) is 0 Å². The lowest BCUT2D eigenvalue weighted by Gasteiger charge is -2.26. The molecular formula is C17H20F3N5O2. The van der Waals surface area contributed by atoms with Crippen molar-refractivity contribution in [1.82, 2.24) is 25.0 Å². The first kappa shape index (κ1) is 19.3. The average molecular weight is 383 g/mol. The van der Waals surface area contributed by atoms with E-state index in [1.54, 1.807) is 6.92 Å². The summed E-state index contributed by atoms with van der Waals surface area (Å²) in [5.41, 5.74) is 0.0296. The molecule has 1 saturated heterocycles. The fraction of sp³-hybridized carbons (Fsp3) is 0.471. The van der Waals surface area contributed by atoms with Crippen molar-refractivity contribution < 1.29 is 22.7 Å². The maximum absolute atomic E-state index is 12.6. The molecule has 3 rings (SSSR count). The summed E-state index contributed by atoms with van der Waals surface area (Å²) in [4.78, 5) is 18.4. The highest BCUT2D eigenvalue weighted by atomic mass is 19.4. The van der Waals surface area contributed by atoms with Crippen LogP contribution < -0.4 is 5.32 Å². The normalized spacial score (nSPS) is 15.7. The molecular weight excluding hydrogens is 363 g/mol. The number of ether oxygens (including phenoxy) is 1. The lowest BCUT2D eigenvalue weighted by molar-refractivity contribution is -0.137. The van der Waals surface area contributed by atoms with E-state index >= 15 is 0 Å². The summed E-state index contributed by atoms with van der Waals surface area (Å²) in [6.45, 7) is 5.95. The Bertz CT molecular complexity index is 783. The first-order valence-electron chi connectivity index (χ1n) is 8.53. The van der Waals surface area contributed by atoms with E-state index in [2.05, 4.69) is 20.3 Å². The molecule has 0 aliphatic carbocycles. The van der Waals surface area contributed by atoms with Crippen LogP contribution in [0.15, 0.2) is 24.5 Å². The van der Waals surface area contributed by atoms with Gasteiger partial charge < -0.3 is 10.1 Å². The Morgan fingerprint density at radius 2 is 2.00 bits per heavy atom. The van der Waals surface area contributed by atoms with Gasteiger partial charge in [0.15, 0.2) is 5.82 Å². The minimum absolute atomic E-state index is 0.216. The number of alkyl halides is 3. The number of pyridine rings is 1. The molecule has 0 bridgehead atoms. The molecule has 10 heteroatoms. The number of carbonyl (C=O) groups is 1. The second kappa shape index (κ2) is 8.05. The number of halogens is 3. The Labute approximate surface area is 154 Å². The highest BCUT2D eigenvalue weighted by Crippen LogP contribution is 2.28. The second-order valence-electron chi connectivity index (χ2n) is 6.17. The maximum atomic E-state index is 12.6. The number of nitrogens with zero attached hydrogens (tertiary/aromatic N) is 4. The highest BCUT2D eigenvalue weighted by Gasteiger charge is 2.30. The minimum atomic E-state index is -4.45. The number of aromatic nitrogens is 3. The van der Waals surface area contributed by atoms with Crippen molar-refractivity contribution in [1.29, 1.82) is 0 Å². The molecule has 1 aliphatic rings. The number of rotatable bonds is 5. The fourth-order valence-corrected chi connectivity index (χ4v) is 2.79. The lowest BCUT2D eigenvalue weighted by atomic mass is 10.2. The molecule has 0 aromatic carbocycles. The van der Waals surface area contributed by atoms with Crippen molar-refractivity contribution in [2.45, 2.75) is 13.1 Å². The van der Waals surface area contributed by atoms with E-state index < -0.39 is 11.7 Å². The molecule has 1 N–H and O–H groups in total. The number of hydrogen-bond acceptors (Lipinski definition) is 5. The average Bonchev–Trinajstić information content (AvgIpc) is 3.03. The second-order valence-corrected chi connectivity index (χ2v) is 6.17. The zero-order chi connectivity index (χ0) is 19.4. The highest BCUT2D eigenvalue weighted by molar-refractivity contribution is 5.95. The van der Waals surface area contributed by atoms with Crippen molar-refractivity contribution in [2.75, 3.05) is 39.4 Å². The molecule has 1 fully saturated rings. The van der Waals surface area contributed by atoms with E-state index in [1.165, 1.54) is 16.9 Å². The summed E-state index contributed by atoms with van der Waals surface area (Å²) in [7, 11) is 0. The SMILES string of the molecule is Cc1c(C(=O)NCCN2CCOCC2)cnn1-c1ccc(C(F)(F)F)cn1. The van der Waals surface area contributed by atoms with Gasteiger partial charge in [-0.25, -0.2) is 9.67 Å². The molecule has 0 saturated carbocycles. The van der Waals surface area contributed by atoms with Gasteiger partial charge >= 0.3 is 6.18 Å². The predicted octanol–water partition coefficient (Wildman–Crippen LogP) is 1.66. The van der Waals surface area contributed by atoms with Gasteiger partial charge in [0.1, 0.15) is 0 Å². The Balaban J connectivity index is 1.63. The Hall–Kier alpha value is -2.46. The molecule has 146 valence electrons. The maximum Gasteiger partial charge on any atom is 0.417 e. The molecule has 0 atom stereocenters. The zero-order valence-electron chi connectivity index (χ0n) is 14.8. The van der Waals surface area contributed by atoms with Gasteiger partial charge in [-0.2, -0.15) is 18.3 Å². The third-order valence-electron chi connectivity index (χ3n) is 4.36. The van der Waals surface area contributed by atoms with E-state index in [0.29, 0.717) is 31.0 Å². The van der Waals surface area contributed by atoms with Crippen molar-refractivity contribution in [3.05, 3.63) is 41.3 Å². The van der Waals surface area contributed by atoms with Gasteiger partial charge in [0, 0.05) is 32.4 Å². The summed E-state index contributed by atoms with van der Waals surface area (Å²) >= 11 is 0. The third kappa shape index (κ3) is 4.64. The van der Waals surface area contributed by atoms with Crippen LogP contribution in [0.4, 0.5) is 13.2 Å². The van der Waals surface area contributed by atoms with Crippen LogP contribution in [0.25, 0.3) is 5.82 Å². The van der Waals surface area contributed by atoms with Crippen LogP contribution in [0.2, 0.25) is 0 Å². The molecule has 0 spiro atoms. The number of hydrogen-bond donors (Lipinski definition) is 1. The monoisotopic (exact) mass is 383 g/mol. The quantitative estimate of drug-likeness (QED) is 0.850. The molecule has 1 amide bonds. The third-order valence-corrected chi connectivity index (χ3v) is 4.36. The van der Waals surface area contributed by atoms with Gasteiger partial charge in [-0.3, -0.25) is 9.69 Å². The molecule has 27 heavy (non-hydrogen) atoms. The number of nitrogens with one attached hydrogen (secondary N) is 1. The summed E-state index contributed by atoms with van der Waals surface area (Å²) < 4.78 is 44.5. The van der Waals surface area contributed by atoms with Crippen LogP contribution in [0.1, 0.15) is 21.6 Å². The van der Waals surface area contributed by atoms with Gasteiger partial charge in [-0.05, 0) is 19.1 Å². The number of amides is 1. The first-order valence-corrected chi connectivity index (χ1v) is 8.53. The lowest BCUT2D eigenvalue weighted by Crippen LogP contribution is -2.41. The number of carbonyl (C=O) groups excluding carboxylic acids is 1. The zero-order valence-corrected chi connectivity index (χ0v) is 14.8. The van der Waals surface area contributed by atoms with E-state index in [4.69, 9.17) is 4.74 Å². The van der Waals surface area contributed by atoms with Gasteiger partial charge in [0.05, 0.1) is 36.2 Å². The Morgan fingerprint density at radius 3 is 2.63 bits per heavy atom. The summed E-state index contributed by atoms with van der Waals surface area (Å²) in [6.07, 6.45) is -2.31. The minimum Gasteiger partial charge on any atom is -0.379 e. The standard InChI is InChI=1S/C17H20F3N5O2/c1-12-14(16(26)21-4-5-24-6-8-27-9-7-24)11-23-25(12)15-3-2-13(10-22-15)17(18,19)20/h2-3,10-11H,4-9H2,1H3,(H,21,26). The molecule has 2 aromatic heterocycles. The van der Waals surface area contributed by atoms with Crippen molar-refractivity contribution in [3.8, 4) is 5.82 Å². The topological polar surface area (TPSA) is 72.3 Å². The van der Waals surface area contributed by atoms with Crippen molar-refractivity contribution in [3.63, 3.8) is 0 Å². The van der Waals surface area contributed by atoms with E-state index in [9.17, 15) is 18.0 Å². The molecule has 7 nitrogen and oxygen atoms in total. The smallest absolute Gasteiger partial charge is 0.379 e. The van der Waals surface area contributed by atoms with Gasteiger partial charge in [0.2, 0.25) is 0 Å². The van der Waals surface area contributed by atoms with Crippen molar-refractivity contribution >= 4 is 5.91 Å². The van der Waals surface area contributed by atoms with Crippen molar-refractivity contribution in [2.24, 2.45) is 0 Å². The van der Waals surface area contributed by atoms with Crippen LogP contribution in [0, 0.1) is 6.92 Å². The summed E-state index contributed by atoms with van der Waals surface area (Å²) in [5, 5.41) is 6.92. The van der Waals surface area contributed by atoms with Crippen LogP contribution in [-0.2, 0) is 10.9 Å². The van der Waals surface area contributed by atoms with E-state index in [0.717, 1.165) is 31.9 Å². The Morgan fingerprint density at radius 1 is 1.26 bits per heavy atom. The van der Waals surface area contributed by atoms with E-state index in [-0.39, 0.29) is 11.7 Å². The fourth-order valence-electron chi connectivity index (χ4n) is 2.79. The van der Waals surface area contributed by atoms with Crippen LogP contribution in [0.3, 0.4) is 0 Å². The largest absolute Gasteiger partial charge is 0.417 e. The van der Waals surface area contributed by atoms with Crippen LogP contribution >= 0.6 is 0 Å². The molecule has 0 radical (unpaired) electrons. The predicted molar refractivity (Wildman–Crippen MR) is 90.7 cm³/mol. The summed E-state index contributed by atoms with van der Waals surface area (Å²) in [5.74, 6) is -0.0632. The van der Waals surface area contributed by atoms with Crippen LogP contribution in [-0.4, -0.2) is 65.0 Å². The summed E-state index contributed by atoms with van der Waals surface area (Å²) in [6, 6.07) is 2.16. The molecule has 1 aliphatic heterocycles. The molecule has 2 aromatic rings. The molecule has 0 unspecified atom stereocenters. The molecule has 3 heterocycles. The van der Waals surface area contributed by atoms with Crippen LogP contribution in [0.5, 0.6) is 0 Å². The van der Waals surface area contributed by atoms with Gasteiger partial charge in [-0.15, -0.1) is 0 Å². The Kier molecular flexibility index (Phi) is 5.76.